The van der Waals surface area contributed by atoms with Crippen molar-refractivity contribution in [2.75, 3.05) is 32.1 Å². The molecule has 22 heavy (non-hydrogen) atoms. The summed E-state index contributed by atoms with van der Waals surface area (Å²) in [6, 6.07) is 1.56. The zero-order valence-corrected chi connectivity index (χ0v) is 12.9. The Morgan fingerprint density at radius 2 is 2.18 bits per heavy atom. The SMILES string of the molecule is COCCN(CC(=O)Nc1ccon1)C(=O)C1CCCCC1. The van der Waals surface area contributed by atoms with Crippen molar-refractivity contribution in [1.29, 1.82) is 0 Å². The summed E-state index contributed by atoms with van der Waals surface area (Å²) in [4.78, 5) is 26.2. The van der Waals surface area contributed by atoms with Gasteiger partial charge in [0.15, 0.2) is 5.82 Å². The van der Waals surface area contributed by atoms with Gasteiger partial charge in [-0.05, 0) is 12.8 Å². The minimum absolute atomic E-state index is 0.00551. The highest BCUT2D eigenvalue weighted by molar-refractivity contribution is 5.94. The van der Waals surface area contributed by atoms with Crippen LogP contribution in [0.3, 0.4) is 0 Å². The molecule has 1 aromatic heterocycles. The van der Waals surface area contributed by atoms with Crippen LogP contribution in [0.5, 0.6) is 0 Å². The molecular weight excluding hydrogens is 286 g/mol. The van der Waals surface area contributed by atoms with Crippen LogP contribution in [0.1, 0.15) is 32.1 Å². The lowest BCUT2D eigenvalue weighted by atomic mass is 9.88. The van der Waals surface area contributed by atoms with Gasteiger partial charge < -0.3 is 19.5 Å². The fraction of sp³-hybridized carbons (Fsp3) is 0.667. The van der Waals surface area contributed by atoms with Gasteiger partial charge in [-0.25, -0.2) is 0 Å². The van der Waals surface area contributed by atoms with Gasteiger partial charge in [0.2, 0.25) is 11.8 Å². The standard InChI is InChI=1S/C15H23N3O4/c1-21-10-8-18(15(20)12-5-3-2-4-6-12)11-14(19)16-13-7-9-22-17-13/h7,9,12H,2-6,8,10-11H2,1H3,(H,16,17,19). The van der Waals surface area contributed by atoms with E-state index in [1.54, 1.807) is 18.1 Å². The summed E-state index contributed by atoms with van der Waals surface area (Å²) in [6.45, 7) is 0.833. The Balaban J connectivity index is 1.92. The van der Waals surface area contributed by atoms with Crippen molar-refractivity contribution in [3.05, 3.63) is 12.3 Å². The van der Waals surface area contributed by atoms with Crippen molar-refractivity contribution in [2.24, 2.45) is 5.92 Å². The Morgan fingerprint density at radius 3 is 2.82 bits per heavy atom. The Kier molecular flexibility index (Phi) is 6.39. The highest BCUT2D eigenvalue weighted by Crippen LogP contribution is 2.25. The first kappa shape index (κ1) is 16.5. The molecular formula is C15H23N3O4. The van der Waals surface area contributed by atoms with E-state index >= 15 is 0 Å². The van der Waals surface area contributed by atoms with Crippen molar-refractivity contribution in [2.45, 2.75) is 32.1 Å². The fourth-order valence-electron chi connectivity index (χ4n) is 2.71. The first-order valence-corrected chi connectivity index (χ1v) is 7.68. The van der Waals surface area contributed by atoms with Crippen molar-refractivity contribution in [3.63, 3.8) is 0 Å². The molecule has 0 atom stereocenters. The van der Waals surface area contributed by atoms with Gasteiger partial charge in [-0.1, -0.05) is 24.4 Å². The monoisotopic (exact) mass is 309 g/mol. The van der Waals surface area contributed by atoms with Gasteiger partial charge in [0, 0.05) is 25.6 Å². The molecule has 1 N–H and O–H groups in total. The van der Waals surface area contributed by atoms with Crippen LogP contribution in [-0.4, -0.2) is 48.7 Å². The first-order valence-electron chi connectivity index (χ1n) is 7.68. The van der Waals surface area contributed by atoms with Crippen molar-refractivity contribution < 1.29 is 18.8 Å². The molecule has 1 saturated carbocycles. The molecule has 7 nitrogen and oxygen atoms in total. The van der Waals surface area contributed by atoms with E-state index in [2.05, 4.69) is 15.0 Å². The largest absolute Gasteiger partial charge is 0.383 e. The summed E-state index contributed by atoms with van der Waals surface area (Å²) in [5, 5.41) is 6.23. The lowest BCUT2D eigenvalue weighted by Gasteiger charge is -2.28. The lowest BCUT2D eigenvalue weighted by Crippen LogP contribution is -2.43. The number of carbonyl (C=O) groups excluding carboxylic acids is 2. The molecule has 122 valence electrons. The predicted octanol–water partition coefficient (Wildman–Crippen LogP) is 1.67. The summed E-state index contributed by atoms with van der Waals surface area (Å²) in [7, 11) is 1.58. The van der Waals surface area contributed by atoms with Crippen molar-refractivity contribution in [3.8, 4) is 0 Å². The van der Waals surface area contributed by atoms with Crippen LogP contribution in [0.4, 0.5) is 5.82 Å². The van der Waals surface area contributed by atoms with Crippen LogP contribution in [-0.2, 0) is 14.3 Å². The number of amides is 2. The molecule has 1 fully saturated rings. The van der Waals surface area contributed by atoms with Gasteiger partial charge in [-0.2, -0.15) is 0 Å². The first-order chi connectivity index (χ1) is 10.7. The normalized spacial score (nSPS) is 15.5. The van der Waals surface area contributed by atoms with Crippen LogP contribution < -0.4 is 5.32 Å². The Labute approximate surface area is 130 Å². The summed E-state index contributed by atoms with van der Waals surface area (Å²) < 4.78 is 9.71. The second kappa shape index (κ2) is 8.53. The predicted molar refractivity (Wildman–Crippen MR) is 80.2 cm³/mol. The molecule has 1 aromatic rings. The van der Waals surface area contributed by atoms with E-state index in [0.717, 1.165) is 25.7 Å². The number of methoxy groups -OCH3 is 1. The third kappa shape index (κ3) is 4.84. The van der Waals surface area contributed by atoms with Crippen LogP contribution in [0.25, 0.3) is 0 Å². The third-order valence-corrected chi connectivity index (χ3v) is 3.87. The number of ether oxygens (including phenoxy) is 1. The lowest BCUT2D eigenvalue weighted by molar-refractivity contribution is -0.139. The molecule has 0 bridgehead atoms. The maximum atomic E-state index is 12.6. The summed E-state index contributed by atoms with van der Waals surface area (Å²) in [6.07, 6.45) is 6.56. The molecule has 0 saturated heterocycles. The van der Waals surface area contributed by atoms with Crippen LogP contribution in [0.2, 0.25) is 0 Å². The average molecular weight is 309 g/mol. The molecule has 0 aliphatic heterocycles. The molecule has 1 heterocycles. The van der Waals surface area contributed by atoms with Crippen LogP contribution >= 0.6 is 0 Å². The van der Waals surface area contributed by atoms with E-state index in [1.165, 1.54) is 12.7 Å². The van der Waals surface area contributed by atoms with E-state index in [0.29, 0.717) is 19.0 Å². The maximum absolute atomic E-state index is 12.6. The maximum Gasteiger partial charge on any atom is 0.245 e. The van der Waals surface area contributed by atoms with E-state index in [1.807, 2.05) is 0 Å². The van der Waals surface area contributed by atoms with Gasteiger partial charge >= 0.3 is 0 Å². The molecule has 2 rings (SSSR count). The topological polar surface area (TPSA) is 84.7 Å². The zero-order chi connectivity index (χ0) is 15.8. The quantitative estimate of drug-likeness (QED) is 0.828. The smallest absolute Gasteiger partial charge is 0.245 e. The molecule has 0 aromatic carbocycles. The highest BCUT2D eigenvalue weighted by Gasteiger charge is 2.27. The number of nitrogens with zero attached hydrogens (tertiary/aromatic N) is 2. The van der Waals surface area contributed by atoms with Crippen LogP contribution in [0.15, 0.2) is 16.9 Å². The molecule has 1 aliphatic carbocycles. The van der Waals surface area contributed by atoms with Crippen molar-refractivity contribution in [1.82, 2.24) is 10.1 Å². The third-order valence-electron chi connectivity index (χ3n) is 3.87. The molecule has 0 unspecified atom stereocenters. The number of aromatic nitrogens is 1. The second-order valence-electron chi connectivity index (χ2n) is 5.52. The molecule has 1 aliphatic rings. The average Bonchev–Trinajstić information content (AvgIpc) is 3.04. The summed E-state index contributed by atoms with van der Waals surface area (Å²) in [5.41, 5.74) is 0. The van der Waals surface area contributed by atoms with Crippen molar-refractivity contribution >= 4 is 17.6 Å². The van der Waals surface area contributed by atoms with Crippen LogP contribution in [0, 0.1) is 5.92 Å². The summed E-state index contributed by atoms with van der Waals surface area (Å²) >= 11 is 0. The van der Waals surface area contributed by atoms with E-state index in [9.17, 15) is 9.59 Å². The highest BCUT2D eigenvalue weighted by atomic mass is 16.5. The van der Waals surface area contributed by atoms with Gasteiger partial charge in [-0.15, -0.1) is 0 Å². The molecule has 7 heteroatoms. The minimum Gasteiger partial charge on any atom is -0.383 e. The zero-order valence-electron chi connectivity index (χ0n) is 12.9. The fourth-order valence-corrected chi connectivity index (χ4v) is 2.71. The Hall–Kier alpha value is -1.89. The summed E-state index contributed by atoms with van der Waals surface area (Å²) in [5.74, 6) is 0.147. The molecule has 0 spiro atoms. The van der Waals surface area contributed by atoms with Gasteiger partial charge in [0.05, 0.1) is 13.2 Å². The van der Waals surface area contributed by atoms with E-state index < -0.39 is 0 Å². The number of carbonyl (C=O) groups is 2. The number of rotatable bonds is 7. The van der Waals surface area contributed by atoms with E-state index in [-0.39, 0.29) is 24.3 Å². The van der Waals surface area contributed by atoms with Gasteiger partial charge in [0.1, 0.15) is 6.26 Å². The number of hydrogen-bond acceptors (Lipinski definition) is 5. The number of anilines is 1. The minimum atomic E-state index is -0.283. The Morgan fingerprint density at radius 1 is 1.41 bits per heavy atom. The molecule has 2 amide bonds. The second-order valence-corrected chi connectivity index (χ2v) is 5.52. The number of nitrogens with one attached hydrogen (secondary N) is 1. The van der Waals surface area contributed by atoms with Gasteiger partial charge in [0.25, 0.3) is 0 Å². The Bertz CT molecular complexity index is 469. The number of hydrogen-bond donors (Lipinski definition) is 1. The van der Waals surface area contributed by atoms with Gasteiger partial charge in [-0.3, -0.25) is 9.59 Å². The van der Waals surface area contributed by atoms with E-state index in [4.69, 9.17) is 4.74 Å². The molecule has 0 radical (unpaired) electrons.